The lowest BCUT2D eigenvalue weighted by molar-refractivity contribution is -0.121. The second kappa shape index (κ2) is 8.47. The molecule has 1 fully saturated rings. The van der Waals surface area contributed by atoms with Gasteiger partial charge in [-0.2, -0.15) is 0 Å². The van der Waals surface area contributed by atoms with Crippen LogP contribution in [0.3, 0.4) is 0 Å². The Morgan fingerprint density at radius 2 is 1.74 bits per heavy atom. The van der Waals surface area contributed by atoms with E-state index in [1.54, 1.807) is 0 Å². The van der Waals surface area contributed by atoms with Crippen molar-refractivity contribution in [3.8, 4) is 0 Å². The molecule has 1 saturated carbocycles. The van der Waals surface area contributed by atoms with Gasteiger partial charge in [-0.3, -0.25) is 9.78 Å². The van der Waals surface area contributed by atoms with Gasteiger partial charge in [0.25, 0.3) is 0 Å². The van der Waals surface area contributed by atoms with E-state index in [2.05, 4.69) is 59.6 Å². The molecule has 0 bridgehead atoms. The molecule has 0 radical (unpaired) electrons. The Morgan fingerprint density at radius 3 is 2.63 bits per heavy atom. The first-order chi connectivity index (χ1) is 13.3. The molecule has 0 aliphatic heterocycles. The zero-order valence-electron chi connectivity index (χ0n) is 15.8. The second-order valence-corrected chi connectivity index (χ2v) is 7.78. The van der Waals surface area contributed by atoms with Gasteiger partial charge in [-0.15, -0.1) is 0 Å². The summed E-state index contributed by atoms with van der Waals surface area (Å²) >= 11 is 0. The molecule has 0 unspecified atom stereocenters. The third-order valence-corrected chi connectivity index (χ3v) is 6.07. The average molecular weight is 357 g/mol. The van der Waals surface area contributed by atoms with Crippen LogP contribution in [0.1, 0.15) is 43.2 Å². The van der Waals surface area contributed by atoms with Crippen LogP contribution in [-0.2, 0) is 17.6 Å². The van der Waals surface area contributed by atoms with Crippen LogP contribution in [0.2, 0.25) is 0 Å². The maximum absolute atomic E-state index is 12.5. The Kier molecular flexibility index (Phi) is 5.62. The Balaban J connectivity index is 1.37. The quantitative estimate of drug-likeness (QED) is 0.536. The molecule has 27 heavy (non-hydrogen) atoms. The third kappa shape index (κ3) is 4.27. The SMILES string of the molecule is O=C1CC[C@H](CCCc2ccccc2)[C@H]1CCc1cccc2cccnc12. The predicted octanol–water partition coefficient (Wildman–Crippen LogP) is 5.79. The van der Waals surface area contributed by atoms with E-state index in [4.69, 9.17) is 0 Å². The molecule has 1 aliphatic rings. The van der Waals surface area contributed by atoms with E-state index >= 15 is 0 Å². The summed E-state index contributed by atoms with van der Waals surface area (Å²) in [6.45, 7) is 0. The Bertz CT molecular complexity index is 897. The minimum absolute atomic E-state index is 0.236. The lowest BCUT2D eigenvalue weighted by Gasteiger charge is -2.18. The fraction of sp³-hybridized carbons (Fsp3) is 0.360. The van der Waals surface area contributed by atoms with Crippen LogP contribution in [0, 0.1) is 11.8 Å². The van der Waals surface area contributed by atoms with Crippen molar-refractivity contribution in [2.24, 2.45) is 11.8 Å². The smallest absolute Gasteiger partial charge is 0.136 e. The number of pyridine rings is 1. The molecule has 138 valence electrons. The summed E-state index contributed by atoms with van der Waals surface area (Å²) in [5.41, 5.74) is 3.77. The summed E-state index contributed by atoms with van der Waals surface area (Å²) < 4.78 is 0. The van der Waals surface area contributed by atoms with E-state index in [9.17, 15) is 4.79 Å². The first kappa shape index (κ1) is 17.9. The molecule has 0 amide bonds. The molecule has 1 aromatic heterocycles. The molecule has 0 spiro atoms. The highest BCUT2D eigenvalue weighted by atomic mass is 16.1. The maximum Gasteiger partial charge on any atom is 0.136 e. The summed E-state index contributed by atoms with van der Waals surface area (Å²) in [4.78, 5) is 17.0. The van der Waals surface area contributed by atoms with Crippen LogP contribution in [0.5, 0.6) is 0 Å². The van der Waals surface area contributed by atoms with Crippen molar-refractivity contribution in [3.63, 3.8) is 0 Å². The molecule has 3 aromatic rings. The molecule has 0 saturated heterocycles. The number of ketones is 1. The van der Waals surface area contributed by atoms with Gasteiger partial charge >= 0.3 is 0 Å². The van der Waals surface area contributed by atoms with Gasteiger partial charge in [0, 0.05) is 23.9 Å². The van der Waals surface area contributed by atoms with Gasteiger partial charge in [0.1, 0.15) is 5.78 Å². The molecule has 2 aromatic carbocycles. The Hall–Kier alpha value is -2.48. The number of rotatable bonds is 7. The molecule has 0 N–H and O–H groups in total. The normalized spacial score (nSPS) is 19.6. The van der Waals surface area contributed by atoms with Gasteiger partial charge in [0.05, 0.1) is 5.52 Å². The van der Waals surface area contributed by atoms with Gasteiger partial charge in [-0.1, -0.05) is 54.6 Å². The number of aryl methyl sites for hydroxylation is 2. The van der Waals surface area contributed by atoms with Crippen molar-refractivity contribution in [1.82, 2.24) is 4.98 Å². The van der Waals surface area contributed by atoms with Crippen molar-refractivity contribution < 1.29 is 4.79 Å². The van der Waals surface area contributed by atoms with Crippen molar-refractivity contribution in [2.75, 3.05) is 0 Å². The fourth-order valence-corrected chi connectivity index (χ4v) is 4.61. The van der Waals surface area contributed by atoms with Crippen LogP contribution in [-0.4, -0.2) is 10.8 Å². The third-order valence-electron chi connectivity index (χ3n) is 6.07. The van der Waals surface area contributed by atoms with Crippen molar-refractivity contribution in [3.05, 3.63) is 78.0 Å². The number of benzene rings is 2. The van der Waals surface area contributed by atoms with Crippen LogP contribution >= 0.6 is 0 Å². The van der Waals surface area contributed by atoms with Crippen molar-refractivity contribution in [1.29, 1.82) is 0 Å². The zero-order chi connectivity index (χ0) is 18.5. The Labute approximate surface area is 161 Å². The van der Waals surface area contributed by atoms with Gasteiger partial charge in [0.15, 0.2) is 0 Å². The van der Waals surface area contributed by atoms with Crippen LogP contribution < -0.4 is 0 Å². The molecular weight excluding hydrogens is 330 g/mol. The lowest BCUT2D eigenvalue weighted by atomic mass is 9.85. The van der Waals surface area contributed by atoms with E-state index < -0.39 is 0 Å². The number of hydrogen-bond donors (Lipinski definition) is 0. The van der Waals surface area contributed by atoms with Gasteiger partial charge in [-0.25, -0.2) is 0 Å². The van der Waals surface area contributed by atoms with E-state index in [1.807, 2.05) is 12.3 Å². The maximum atomic E-state index is 12.5. The number of hydrogen-bond acceptors (Lipinski definition) is 2. The number of aromatic nitrogens is 1. The molecule has 2 heteroatoms. The summed E-state index contributed by atoms with van der Waals surface area (Å²) in [7, 11) is 0. The number of carbonyl (C=O) groups is 1. The number of para-hydroxylation sites is 1. The van der Waals surface area contributed by atoms with Crippen LogP contribution in [0.25, 0.3) is 10.9 Å². The average Bonchev–Trinajstić information content (AvgIpc) is 3.07. The van der Waals surface area contributed by atoms with E-state index in [-0.39, 0.29) is 5.92 Å². The lowest BCUT2D eigenvalue weighted by Crippen LogP contribution is -2.16. The van der Waals surface area contributed by atoms with E-state index in [0.29, 0.717) is 11.7 Å². The van der Waals surface area contributed by atoms with Gasteiger partial charge < -0.3 is 0 Å². The summed E-state index contributed by atoms with van der Waals surface area (Å²) in [6.07, 6.45) is 9.07. The van der Waals surface area contributed by atoms with Crippen LogP contribution in [0.4, 0.5) is 0 Å². The highest BCUT2D eigenvalue weighted by Gasteiger charge is 2.33. The number of nitrogens with zero attached hydrogens (tertiary/aromatic N) is 1. The first-order valence-corrected chi connectivity index (χ1v) is 10.2. The highest BCUT2D eigenvalue weighted by molar-refractivity contribution is 5.84. The van der Waals surface area contributed by atoms with E-state index in [1.165, 1.54) is 29.4 Å². The largest absolute Gasteiger partial charge is 0.299 e. The van der Waals surface area contributed by atoms with Crippen molar-refractivity contribution >= 4 is 16.7 Å². The van der Waals surface area contributed by atoms with Gasteiger partial charge in [-0.05, 0) is 61.6 Å². The second-order valence-electron chi connectivity index (χ2n) is 7.78. The molecule has 2 atom stereocenters. The van der Waals surface area contributed by atoms with Crippen molar-refractivity contribution in [2.45, 2.75) is 44.9 Å². The number of carbonyl (C=O) groups excluding carboxylic acids is 1. The Morgan fingerprint density at radius 1 is 0.889 bits per heavy atom. The minimum Gasteiger partial charge on any atom is -0.299 e. The molecule has 1 aliphatic carbocycles. The fourth-order valence-electron chi connectivity index (χ4n) is 4.61. The molecular formula is C25H27NO. The zero-order valence-corrected chi connectivity index (χ0v) is 15.8. The molecule has 4 rings (SSSR count). The molecule has 2 nitrogen and oxygen atoms in total. The monoisotopic (exact) mass is 357 g/mol. The predicted molar refractivity (Wildman–Crippen MR) is 111 cm³/mol. The minimum atomic E-state index is 0.236. The molecule has 1 heterocycles. The number of Topliss-reactive ketones (excluding diaryl/α,β-unsaturated/α-hetero) is 1. The standard InChI is InChI=1S/C25H27NO/c27-24-17-15-20(10-4-9-19-7-2-1-3-8-19)23(24)16-14-22-12-5-11-21-13-6-18-26-25(21)22/h1-3,5-8,11-13,18,20,23H,4,9-10,14-17H2/t20-,23+/m0/s1. The first-order valence-electron chi connectivity index (χ1n) is 10.2. The van der Waals surface area contributed by atoms with E-state index in [0.717, 1.165) is 37.6 Å². The summed E-state index contributed by atoms with van der Waals surface area (Å²) in [5, 5.41) is 1.19. The summed E-state index contributed by atoms with van der Waals surface area (Å²) in [6, 6.07) is 21.2. The van der Waals surface area contributed by atoms with Gasteiger partial charge in [0.2, 0.25) is 0 Å². The number of fused-ring (bicyclic) bond motifs is 1. The summed E-state index contributed by atoms with van der Waals surface area (Å²) in [5.74, 6) is 1.27. The van der Waals surface area contributed by atoms with Crippen LogP contribution in [0.15, 0.2) is 66.9 Å². The topological polar surface area (TPSA) is 30.0 Å². The highest BCUT2D eigenvalue weighted by Crippen LogP contribution is 2.36.